The van der Waals surface area contributed by atoms with E-state index < -0.39 is 0 Å². The van der Waals surface area contributed by atoms with Gasteiger partial charge >= 0.3 is 0 Å². The molecule has 0 bridgehead atoms. The number of thioether (sulfide) groups is 1. The molecule has 104 valence electrons. The second-order valence-electron chi connectivity index (χ2n) is 4.77. The number of carbonyl (C=O) groups is 1. The fourth-order valence-corrected chi connectivity index (χ4v) is 3.73. The Labute approximate surface area is 121 Å². The zero-order valence-electron chi connectivity index (χ0n) is 11.1. The van der Waals surface area contributed by atoms with Gasteiger partial charge in [-0.3, -0.25) is 4.79 Å². The van der Waals surface area contributed by atoms with E-state index in [1.807, 2.05) is 34.8 Å². The summed E-state index contributed by atoms with van der Waals surface area (Å²) >= 11 is 1.76. The van der Waals surface area contributed by atoms with Gasteiger partial charge in [-0.05, 0) is 36.4 Å². The van der Waals surface area contributed by atoms with E-state index in [-0.39, 0.29) is 17.1 Å². The van der Waals surface area contributed by atoms with Crippen LogP contribution < -0.4 is 0 Å². The van der Waals surface area contributed by atoms with Crippen LogP contribution in [0.3, 0.4) is 0 Å². The van der Waals surface area contributed by atoms with Crippen LogP contribution in [0, 0.1) is 5.82 Å². The number of amides is 1. The molecule has 1 aromatic carbocycles. The van der Waals surface area contributed by atoms with Crippen molar-refractivity contribution < 1.29 is 9.18 Å². The van der Waals surface area contributed by atoms with Crippen LogP contribution in [-0.2, 0) is 7.05 Å². The highest BCUT2D eigenvalue weighted by Gasteiger charge is 2.32. The fraction of sp³-hybridized carbons (Fsp3) is 0.267. The molecule has 2 aromatic rings. The van der Waals surface area contributed by atoms with Gasteiger partial charge in [0.05, 0.1) is 5.69 Å². The average molecular weight is 290 g/mol. The Bertz CT molecular complexity index is 623. The van der Waals surface area contributed by atoms with E-state index in [4.69, 9.17) is 0 Å². The largest absolute Gasteiger partial charge is 0.352 e. The molecule has 2 heterocycles. The number of hydrogen-bond acceptors (Lipinski definition) is 2. The maximum Gasteiger partial charge on any atom is 0.255 e. The maximum atomic E-state index is 12.9. The summed E-state index contributed by atoms with van der Waals surface area (Å²) in [6, 6.07) is 9.76. The van der Waals surface area contributed by atoms with Crippen molar-refractivity contribution in [2.45, 2.75) is 5.37 Å². The SMILES string of the molecule is Cn1cccc1C1SCCN1C(=O)c1ccc(F)cc1. The Morgan fingerprint density at radius 3 is 2.70 bits per heavy atom. The van der Waals surface area contributed by atoms with E-state index in [0.717, 1.165) is 18.0 Å². The first kappa shape index (κ1) is 13.2. The molecule has 1 fully saturated rings. The van der Waals surface area contributed by atoms with Crippen molar-refractivity contribution in [3.63, 3.8) is 0 Å². The molecule has 3 nitrogen and oxygen atoms in total. The highest BCUT2D eigenvalue weighted by molar-refractivity contribution is 7.99. The minimum absolute atomic E-state index is 0.0348. The lowest BCUT2D eigenvalue weighted by atomic mass is 10.2. The number of aryl methyl sites for hydroxylation is 1. The highest BCUT2D eigenvalue weighted by Crippen LogP contribution is 2.38. The summed E-state index contributed by atoms with van der Waals surface area (Å²) in [5.41, 5.74) is 1.65. The molecule has 0 radical (unpaired) electrons. The summed E-state index contributed by atoms with van der Waals surface area (Å²) in [4.78, 5) is 14.4. The van der Waals surface area contributed by atoms with Gasteiger partial charge in [0.15, 0.2) is 0 Å². The fourth-order valence-electron chi connectivity index (χ4n) is 2.41. The van der Waals surface area contributed by atoms with Crippen LogP contribution in [0.25, 0.3) is 0 Å². The van der Waals surface area contributed by atoms with E-state index >= 15 is 0 Å². The number of halogens is 1. The monoisotopic (exact) mass is 290 g/mol. The van der Waals surface area contributed by atoms with Crippen LogP contribution in [0.4, 0.5) is 4.39 Å². The van der Waals surface area contributed by atoms with Gasteiger partial charge < -0.3 is 9.47 Å². The van der Waals surface area contributed by atoms with Crippen LogP contribution in [0.1, 0.15) is 21.4 Å². The first-order valence-electron chi connectivity index (χ1n) is 6.46. The summed E-state index contributed by atoms with van der Waals surface area (Å²) in [5.74, 6) is 0.556. The van der Waals surface area contributed by atoms with Crippen LogP contribution in [0.2, 0.25) is 0 Å². The summed E-state index contributed by atoms with van der Waals surface area (Å²) in [5, 5.41) is 0.0348. The minimum Gasteiger partial charge on any atom is -0.352 e. The highest BCUT2D eigenvalue weighted by atomic mass is 32.2. The molecule has 1 aliphatic rings. The number of aromatic nitrogens is 1. The predicted octanol–water partition coefficient (Wildman–Crippen LogP) is 3.05. The zero-order valence-corrected chi connectivity index (χ0v) is 11.9. The van der Waals surface area contributed by atoms with Crippen molar-refractivity contribution in [2.75, 3.05) is 12.3 Å². The van der Waals surface area contributed by atoms with Crippen molar-refractivity contribution in [1.82, 2.24) is 9.47 Å². The third-order valence-electron chi connectivity index (χ3n) is 3.48. The summed E-state index contributed by atoms with van der Waals surface area (Å²) in [6.07, 6.45) is 1.98. The standard InChI is InChI=1S/C15H15FN2OS/c1-17-8-2-3-13(17)15-18(9-10-20-15)14(19)11-4-6-12(16)7-5-11/h2-8,15H,9-10H2,1H3. The molecule has 1 amide bonds. The second-order valence-corrected chi connectivity index (χ2v) is 5.96. The molecule has 0 N–H and O–H groups in total. The van der Waals surface area contributed by atoms with Gasteiger partial charge in [0, 0.05) is 31.1 Å². The van der Waals surface area contributed by atoms with Gasteiger partial charge in [-0.25, -0.2) is 4.39 Å². The molecule has 1 aliphatic heterocycles. The molecule has 20 heavy (non-hydrogen) atoms. The predicted molar refractivity (Wildman–Crippen MR) is 78.0 cm³/mol. The number of rotatable bonds is 2. The van der Waals surface area contributed by atoms with Crippen LogP contribution in [-0.4, -0.2) is 27.7 Å². The van der Waals surface area contributed by atoms with E-state index in [0.29, 0.717) is 5.56 Å². The number of carbonyl (C=O) groups excluding carboxylic acids is 1. The van der Waals surface area contributed by atoms with Gasteiger partial charge in [-0.15, -0.1) is 11.8 Å². The number of benzene rings is 1. The van der Waals surface area contributed by atoms with E-state index in [9.17, 15) is 9.18 Å². The third-order valence-corrected chi connectivity index (χ3v) is 4.71. The number of nitrogens with zero attached hydrogens (tertiary/aromatic N) is 2. The summed E-state index contributed by atoms with van der Waals surface area (Å²) < 4.78 is 15.0. The van der Waals surface area contributed by atoms with Crippen LogP contribution in [0.5, 0.6) is 0 Å². The summed E-state index contributed by atoms with van der Waals surface area (Å²) in [7, 11) is 1.98. The molecule has 0 aliphatic carbocycles. The van der Waals surface area contributed by atoms with Gasteiger partial charge in [0.2, 0.25) is 0 Å². The molecular formula is C15H15FN2OS. The Balaban J connectivity index is 1.87. The first-order valence-corrected chi connectivity index (χ1v) is 7.51. The van der Waals surface area contributed by atoms with Gasteiger partial charge in [-0.2, -0.15) is 0 Å². The minimum atomic E-state index is -0.323. The quantitative estimate of drug-likeness (QED) is 0.849. The average Bonchev–Trinajstić information content (AvgIpc) is 3.07. The van der Waals surface area contributed by atoms with Crippen molar-refractivity contribution in [3.05, 3.63) is 59.7 Å². The molecule has 1 saturated heterocycles. The molecule has 3 rings (SSSR count). The molecule has 1 atom stereocenters. The lowest BCUT2D eigenvalue weighted by molar-refractivity contribution is 0.0757. The lowest BCUT2D eigenvalue weighted by Crippen LogP contribution is -2.31. The third kappa shape index (κ3) is 2.33. The van der Waals surface area contributed by atoms with E-state index in [2.05, 4.69) is 0 Å². The number of hydrogen-bond donors (Lipinski definition) is 0. The van der Waals surface area contributed by atoms with Crippen molar-refractivity contribution in [2.24, 2.45) is 7.05 Å². The molecule has 0 saturated carbocycles. The Kier molecular flexibility index (Phi) is 3.53. The Morgan fingerprint density at radius 2 is 2.05 bits per heavy atom. The summed E-state index contributed by atoms with van der Waals surface area (Å²) in [6.45, 7) is 0.719. The maximum absolute atomic E-state index is 12.9. The van der Waals surface area contributed by atoms with Crippen molar-refractivity contribution in [1.29, 1.82) is 0 Å². The van der Waals surface area contributed by atoms with E-state index in [1.54, 1.807) is 23.9 Å². The molecule has 1 unspecified atom stereocenters. The van der Waals surface area contributed by atoms with Crippen molar-refractivity contribution in [3.8, 4) is 0 Å². The van der Waals surface area contributed by atoms with Gasteiger partial charge in [0.1, 0.15) is 11.2 Å². The van der Waals surface area contributed by atoms with Crippen molar-refractivity contribution >= 4 is 17.7 Å². The molecule has 5 heteroatoms. The molecular weight excluding hydrogens is 275 g/mol. The first-order chi connectivity index (χ1) is 9.66. The Morgan fingerprint density at radius 1 is 1.30 bits per heavy atom. The van der Waals surface area contributed by atoms with Crippen LogP contribution >= 0.6 is 11.8 Å². The van der Waals surface area contributed by atoms with Crippen LogP contribution in [0.15, 0.2) is 42.6 Å². The lowest BCUT2D eigenvalue weighted by Gasteiger charge is -2.24. The molecule has 1 aromatic heterocycles. The van der Waals surface area contributed by atoms with Gasteiger partial charge in [0.25, 0.3) is 5.91 Å². The Hall–Kier alpha value is -1.75. The van der Waals surface area contributed by atoms with Gasteiger partial charge in [-0.1, -0.05) is 0 Å². The van der Waals surface area contributed by atoms with E-state index in [1.165, 1.54) is 12.1 Å². The zero-order chi connectivity index (χ0) is 14.1. The smallest absolute Gasteiger partial charge is 0.255 e. The normalized spacial score (nSPS) is 18.5. The molecule has 0 spiro atoms. The topological polar surface area (TPSA) is 25.2 Å². The second kappa shape index (κ2) is 5.32.